The number of halogens is 1. The number of hydrogen-bond acceptors (Lipinski definition) is 4. The predicted octanol–water partition coefficient (Wildman–Crippen LogP) is 5.48. The Kier molecular flexibility index (Phi) is 5.76. The third-order valence-corrected chi connectivity index (χ3v) is 5.20. The van der Waals surface area contributed by atoms with Crippen molar-refractivity contribution in [1.82, 2.24) is 9.97 Å². The van der Waals surface area contributed by atoms with Crippen LogP contribution in [0, 0.1) is 0 Å². The van der Waals surface area contributed by atoms with E-state index in [0.29, 0.717) is 5.92 Å². The van der Waals surface area contributed by atoms with E-state index in [1.807, 2.05) is 0 Å². The summed E-state index contributed by atoms with van der Waals surface area (Å²) in [5.74, 6) is 2.08. The van der Waals surface area contributed by atoms with Crippen LogP contribution in [-0.2, 0) is 6.42 Å². The molecule has 0 aromatic carbocycles. The van der Waals surface area contributed by atoms with Crippen LogP contribution in [0.15, 0.2) is 16.6 Å². The molecule has 0 saturated carbocycles. The molecule has 21 heavy (non-hydrogen) atoms. The van der Waals surface area contributed by atoms with Crippen LogP contribution in [0.1, 0.15) is 50.6 Å². The fraction of sp³-hybridized carbons (Fsp3) is 0.500. The Morgan fingerprint density at radius 3 is 2.57 bits per heavy atom. The lowest BCUT2D eigenvalue weighted by atomic mass is 10.1. The molecule has 0 bridgehead atoms. The molecule has 1 N–H and O–H groups in total. The summed E-state index contributed by atoms with van der Waals surface area (Å²) in [5.41, 5.74) is 1.06. The fourth-order valence-corrected chi connectivity index (χ4v) is 3.66. The predicted molar refractivity (Wildman–Crippen MR) is 95.3 cm³/mol. The molecule has 0 aliphatic carbocycles. The second kappa shape index (κ2) is 7.36. The van der Waals surface area contributed by atoms with Crippen molar-refractivity contribution in [3.63, 3.8) is 0 Å². The second-order valence-electron chi connectivity index (χ2n) is 5.30. The van der Waals surface area contributed by atoms with Gasteiger partial charge >= 0.3 is 0 Å². The summed E-state index contributed by atoms with van der Waals surface area (Å²) in [7, 11) is 0. The van der Waals surface area contributed by atoms with Crippen LogP contribution in [0.4, 0.5) is 5.82 Å². The van der Waals surface area contributed by atoms with Crippen molar-refractivity contribution in [3.8, 4) is 10.7 Å². The molecule has 2 aromatic heterocycles. The Bertz CT molecular complexity index is 608. The summed E-state index contributed by atoms with van der Waals surface area (Å²) in [6.07, 6.45) is 2.13. The highest BCUT2D eigenvalue weighted by molar-refractivity contribution is 9.10. The van der Waals surface area contributed by atoms with Gasteiger partial charge in [0.15, 0.2) is 5.82 Å². The van der Waals surface area contributed by atoms with Gasteiger partial charge in [0.1, 0.15) is 5.82 Å². The molecule has 0 aliphatic heterocycles. The van der Waals surface area contributed by atoms with Gasteiger partial charge in [-0.1, -0.05) is 27.7 Å². The molecule has 3 nitrogen and oxygen atoms in total. The maximum absolute atomic E-state index is 4.77. The summed E-state index contributed by atoms with van der Waals surface area (Å²) in [4.78, 5) is 12.0. The van der Waals surface area contributed by atoms with Gasteiger partial charge in [-0.3, -0.25) is 0 Å². The Hall–Kier alpha value is -0.940. The number of hydrogen-bond donors (Lipinski definition) is 1. The van der Waals surface area contributed by atoms with Crippen molar-refractivity contribution in [2.75, 3.05) is 11.9 Å². The topological polar surface area (TPSA) is 37.8 Å². The molecule has 0 radical (unpaired) electrons. The number of aryl methyl sites for hydroxylation is 1. The van der Waals surface area contributed by atoms with Crippen LogP contribution in [0.3, 0.4) is 0 Å². The third kappa shape index (κ3) is 3.83. The minimum atomic E-state index is 0.355. The van der Waals surface area contributed by atoms with Gasteiger partial charge < -0.3 is 5.32 Å². The van der Waals surface area contributed by atoms with Crippen LogP contribution >= 0.6 is 27.3 Å². The molecule has 0 spiro atoms. The number of rotatable bonds is 6. The molecule has 5 heteroatoms. The first-order valence-electron chi connectivity index (χ1n) is 7.47. The summed E-state index contributed by atoms with van der Waals surface area (Å²) in [6.45, 7) is 9.56. The fourth-order valence-electron chi connectivity index (χ4n) is 2.01. The number of thiophene rings is 1. The van der Waals surface area contributed by atoms with Gasteiger partial charge in [-0.05, 0) is 46.8 Å². The molecule has 0 saturated heterocycles. The lowest BCUT2D eigenvalue weighted by Crippen LogP contribution is -2.08. The first-order chi connectivity index (χ1) is 10.1. The molecule has 114 valence electrons. The van der Waals surface area contributed by atoms with Crippen LogP contribution in [-0.4, -0.2) is 16.5 Å². The summed E-state index contributed by atoms with van der Waals surface area (Å²) >= 11 is 5.43. The van der Waals surface area contributed by atoms with Crippen molar-refractivity contribution < 1.29 is 0 Å². The molecule has 0 amide bonds. The summed E-state index contributed by atoms with van der Waals surface area (Å²) in [6, 6.07) is 4.29. The summed E-state index contributed by atoms with van der Waals surface area (Å²) < 4.78 is 0.988. The number of nitrogens with zero attached hydrogens (tertiary/aromatic N) is 2. The van der Waals surface area contributed by atoms with E-state index in [4.69, 9.17) is 9.97 Å². The average molecular weight is 368 g/mol. The highest BCUT2D eigenvalue weighted by atomic mass is 79.9. The van der Waals surface area contributed by atoms with Crippen molar-refractivity contribution in [2.45, 2.75) is 46.5 Å². The molecule has 0 unspecified atom stereocenters. The molecule has 0 atom stereocenters. The van der Waals surface area contributed by atoms with Crippen molar-refractivity contribution >= 4 is 33.1 Å². The molecule has 2 aromatic rings. The van der Waals surface area contributed by atoms with E-state index in [9.17, 15) is 0 Å². The third-order valence-electron chi connectivity index (χ3n) is 3.20. The lowest BCUT2D eigenvalue weighted by molar-refractivity contribution is 0.808. The van der Waals surface area contributed by atoms with E-state index in [0.717, 1.165) is 46.1 Å². The quantitative estimate of drug-likeness (QED) is 0.734. The van der Waals surface area contributed by atoms with Gasteiger partial charge in [0.25, 0.3) is 0 Å². The van der Waals surface area contributed by atoms with Crippen LogP contribution in [0.5, 0.6) is 0 Å². The largest absolute Gasteiger partial charge is 0.369 e. The first-order valence-corrected chi connectivity index (χ1v) is 9.08. The first kappa shape index (κ1) is 16.4. The molecule has 0 aliphatic rings. The van der Waals surface area contributed by atoms with Gasteiger partial charge in [0, 0.05) is 11.4 Å². The standard InChI is InChI=1S/C16H22BrN3S/c1-5-9-18-16-13(17)14(10(3)4)19-15(20-16)12-8-7-11(6-2)21-12/h7-8,10H,5-6,9H2,1-4H3,(H,18,19,20). The van der Waals surface area contributed by atoms with E-state index in [2.05, 4.69) is 61.1 Å². The van der Waals surface area contributed by atoms with Gasteiger partial charge in [-0.15, -0.1) is 11.3 Å². The van der Waals surface area contributed by atoms with Crippen molar-refractivity contribution in [3.05, 3.63) is 27.2 Å². The minimum absolute atomic E-state index is 0.355. The molecule has 0 fully saturated rings. The van der Waals surface area contributed by atoms with Crippen LogP contribution in [0.25, 0.3) is 10.7 Å². The zero-order valence-corrected chi connectivity index (χ0v) is 15.4. The van der Waals surface area contributed by atoms with E-state index in [-0.39, 0.29) is 0 Å². The molecule has 2 heterocycles. The van der Waals surface area contributed by atoms with E-state index < -0.39 is 0 Å². The zero-order chi connectivity index (χ0) is 15.4. The maximum Gasteiger partial charge on any atom is 0.171 e. The Balaban J connectivity index is 2.47. The number of anilines is 1. The Morgan fingerprint density at radius 2 is 2.00 bits per heavy atom. The Morgan fingerprint density at radius 1 is 1.24 bits per heavy atom. The highest BCUT2D eigenvalue weighted by Gasteiger charge is 2.16. The van der Waals surface area contributed by atoms with Gasteiger partial charge in [0.2, 0.25) is 0 Å². The van der Waals surface area contributed by atoms with Crippen LogP contribution < -0.4 is 5.32 Å². The minimum Gasteiger partial charge on any atom is -0.369 e. The Labute approximate surface area is 139 Å². The van der Waals surface area contributed by atoms with Crippen LogP contribution in [0.2, 0.25) is 0 Å². The van der Waals surface area contributed by atoms with Crippen molar-refractivity contribution in [1.29, 1.82) is 0 Å². The van der Waals surface area contributed by atoms with Gasteiger partial charge in [-0.25, -0.2) is 9.97 Å². The van der Waals surface area contributed by atoms with Gasteiger partial charge in [0.05, 0.1) is 15.0 Å². The molecular formula is C16H22BrN3S. The number of nitrogens with one attached hydrogen (secondary N) is 1. The zero-order valence-electron chi connectivity index (χ0n) is 13.0. The smallest absolute Gasteiger partial charge is 0.171 e. The number of aromatic nitrogens is 2. The van der Waals surface area contributed by atoms with E-state index in [1.165, 1.54) is 4.88 Å². The van der Waals surface area contributed by atoms with Crippen molar-refractivity contribution in [2.24, 2.45) is 0 Å². The lowest BCUT2D eigenvalue weighted by Gasteiger charge is -2.14. The van der Waals surface area contributed by atoms with Gasteiger partial charge in [-0.2, -0.15) is 0 Å². The van der Waals surface area contributed by atoms with E-state index in [1.54, 1.807) is 11.3 Å². The average Bonchev–Trinajstić information content (AvgIpc) is 2.94. The summed E-state index contributed by atoms with van der Waals surface area (Å²) in [5, 5.41) is 3.40. The highest BCUT2D eigenvalue weighted by Crippen LogP contribution is 2.33. The maximum atomic E-state index is 4.77. The van der Waals surface area contributed by atoms with E-state index >= 15 is 0 Å². The monoisotopic (exact) mass is 367 g/mol. The normalized spacial score (nSPS) is 11.1. The SMILES string of the molecule is CCCNc1nc(-c2ccc(CC)s2)nc(C(C)C)c1Br. The molecular weight excluding hydrogens is 346 g/mol. The molecule has 2 rings (SSSR count). The second-order valence-corrected chi connectivity index (χ2v) is 7.26.